The first kappa shape index (κ1) is 15.3. The molecule has 0 bridgehead atoms. The van der Waals surface area contributed by atoms with Gasteiger partial charge in [0.25, 0.3) is 0 Å². The second kappa shape index (κ2) is 6.59. The van der Waals surface area contributed by atoms with Crippen molar-refractivity contribution in [2.24, 2.45) is 5.73 Å². The quantitative estimate of drug-likeness (QED) is 0.913. The fourth-order valence-corrected chi connectivity index (χ4v) is 2.19. The van der Waals surface area contributed by atoms with Crippen molar-refractivity contribution in [2.75, 3.05) is 7.11 Å². The number of halogens is 1. The lowest BCUT2D eigenvalue weighted by Gasteiger charge is -2.17. The van der Waals surface area contributed by atoms with Crippen molar-refractivity contribution in [3.8, 4) is 11.5 Å². The number of methoxy groups -OCH3 is 1. The molecule has 0 heterocycles. The lowest BCUT2D eigenvalue weighted by molar-refractivity contribution is 0.242. The highest BCUT2D eigenvalue weighted by Crippen LogP contribution is 2.31. The fraction of sp³-hybridized carbons (Fsp3) is 0.294. The van der Waals surface area contributed by atoms with E-state index in [1.165, 1.54) is 13.2 Å². The zero-order valence-corrected chi connectivity index (χ0v) is 12.5. The molecule has 0 saturated carbocycles. The molecule has 0 saturated heterocycles. The highest BCUT2D eigenvalue weighted by Gasteiger charge is 2.18. The Hall–Kier alpha value is -2.07. The van der Waals surface area contributed by atoms with Gasteiger partial charge in [-0.2, -0.15) is 0 Å². The van der Waals surface area contributed by atoms with Crippen LogP contribution in [-0.2, 0) is 0 Å². The minimum absolute atomic E-state index is 0.108. The molecule has 2 aromatic carbocycles. The van der Waals surface area contributed by atoms with Crippen LogP contribution in [-0.4, -0.2) is 13.2 Å². The molecule has 0 fully saturated rings. The summed E-state index contributed by atoms with van der Waals surface area (Å²) in [6.07, 6.45) is 0.108. The van der Waals surface area contributed by atoms with E-state index < -0.39 is 6.04 Å². The van der Waals surface area contributed by atoms with Gasteiger partial charge in [-0.3, -0.25) is 0 Å². The lowest BCUT2D eigenvalue weighted by atomic mass is 9.98. The monoisotopic (exact) mass is 289 g/mol. The summed E-state index contributed by atoms with van der Waals surface area (Å²) in [6.45, 7) is 3.92. The molecule has 0 aliphatic rings. The second-order valence-electron chi connectivity index (χ2n) is 5.07. The molecule has 112 valence electrons. The van der Waals surface area contributed by atoms with Crippen LogP contribution in [0, 0.1) is 5.82 Å². The summed E-state index contributed by atoms with van der Waals surface area (Å²) in [5, 5.41) is 0. The number of benzene rings is 2. The molecule has 3 nitrogen and oxygen atoms in total. The highest BCUT2D eigenvalue weighted by molar-refractivity contribution is 5.43. The molecule has 0 spiro atoms. The highest BCUT2D eigenvalue weighted by atomic mass is 19.1. The van der Waals surface area contributed by atoms with E-state index in [4.69, 9.17) is 15.2 Å². The Morgan fingerprint density at radius 1 is 1.05 bits per heavy atom. The summed E-state index contributed by atoms with van der Waals surface area (Å²) in [5.74, 6) is 0.843. The molecule has 2 N–H and O–H groups in total. The minimum Gasteiger partial charge on any atom is -0.496 e. The standard InChI is InChI=1S/C17H20FNO2/c1-11(2)21-13-9-7-12(8-10-13)17(19)16-14(18)5-4-6-15(16)20-3/h4-11,17H,19H2,1-3H3. The lowest BCUT2D eigenvalue weighted by Crippen LogP contribution is -2.15. The Bertz CT molecular complexity index is 596. The number of nitrogens with two attached hydrogens (primary N) is 1. The molecule has 0 radical (unpaired) electrons. The molecule has 0 aliphatic carbocycles. The van der Waals surface area contributed by atoms with E-state index in [0.29, 0.717) is 11.3 Å². The van der Waals surface area contributed by atoms with Crippen molar-refractivity contribution in [1.29, 1.82) is 0 Å². The smallest absolute Gasteiger partial charge is 0.132 e. The SMILES string of the molecule is COc1cccc(F)c1C(N)c1ccc(OC(C)C)cc1. The number of hydrogen-bond donors (Lipinski definition) is 1. The van der Waals surface area contributed by atoms with E-state index in [1.807, 2.05) is 38.1 Å². The topological polar surface area (TPSA) is 44.5 Å². The normalized spacial score (nSPS) is 12.3. The third kappa shape index (κ3) is 3.52. The summed E-state index contributed by atoms with van der Waals surface area (Å²) < 4.78 is 24.8. The molecule has 1 atom stereocenters. The average molecular weight is 289 g/mol. The molecule has 2 aromatic rings. The van der Waals surface area contributed by atoms with Gasteiger partial charge in [-0.1, -0.05) is 18.2 Å². The largest absolute Gasteiger partial charge is 0.496 e. The Kier molecular flexibility index (Phi) is 4.81. The Morgan fingerprint density at radius 2 is 1.71 bits per heavy atom. The van der Waals surface area contributed by atoms with Crippen LogP contribution < -0.4 is 15.2 Å². The van der Waals surface area contributed by atoms with Gasteiger partial charge in [0.05, 0.1) is 24.8 Å². The van der Waals surface area contributed by atoms with Gasteiger partial charge in [0.1, 0.15) is 17.3 Å². The molecule has 2 rings (SSSR count). The van der Waals surface area contributed by atoms with Gasteiger partial charge >= 0.3 is 0 Å². The average Bonchev–Trinajstić information content (AvgIpc) is 2.46. The zero-order chi connectivity index (χ0) is 15.4. The summed E-state index contributed by atoms with van der Waals surface area (Å²) in [6, 6.07) is 11.5. The van der Waals surface area contributed by atoms with E-state index in [9.17, 15) is 4.39 Å². The van der Waals surface area contributed by atoms with Crippen LogP contribution in [0.2, 0.25) is 0 Å². The number of hydrogen-bond acceptors (Lipinski definition) is 3. The number of rotatable bonds is 5. The molecule has 0 aromatic heterocycles. The van der Waals surface area contributed by atoms with E-state index in [1.54, 1.807) is 12.1 Å². The summed E-state index contributed by atoms with van der Waals surface area (Å²) in [7, 11) is 1.50. The van der Waals surface area contributed by atoms with Gasteiger partial charge in [-0.15, -0.1) is 0 Å². The van der Waals surface area contributed by atoms with Crippen LogP contribution in [0.4, 0.5) is 4.39 Å². The Balaban J connectivity index is 2.30. The maximum absolute atomic E-state index is 14.0. The van der Waals surface area contributed by atoms with Crippen molar-refractivity contribution in [3.63, 3.8) is 0 Å². The van der Waals surface area contributed by atoms with E-state index >= 15 is 0 Å². The molecule has 4 heteroatoms. The molecular weight excluding hydrogens is 269 g/mol. The van der Waals surface area contributed by atoms with E-state index in [-0.39, 0.29) is 11.9 Å². The second-order valence-corrected chi connectivity index (χ2v) is 5.07. The van der Waals surface area contributed by atoms with Gasteiger partial charge in [0, 0.05) is 0 Å². The van der Waals surface area contributed by atoms with Crippen molar-refractivity contribution in [1.82, 2.24) is 0 Å². The van der Waals surface area contributed by atoms with Crippen molar-refractivity contribution >= 4 is 0 Å². The minimum atomic E-state index is -0.589. The number of ether oxygens (including phenoxy) is 2. The predicted octanol–water partition coefficient (Wildman–Crippen LogP) is 3.67. The first-order chi connectivity index (χ1) is 10.0. The van der Waals surface area contributed by atoms with Crippen LogP contribution in [0.25, 0.3) is 0 Å². The van der Waals surface area contributed by atoms with Gasteiger partial charge < -0.3 is 15.2 Å². The molecular formula is C17H20FNO2. The van der Waals surface area contributed by atoms with E-state index in [2.05, 4.69) is 0 Å². The Morgan fingerprint density at radius 3 is 2.29 bits per heavy atom. The Labute approximate surface area is 124 Å². The van der Waals surface area contributed by atoms with Gasteiger partial charge in [-0.05, 0) is 43.7 Å². The third-order valence-electron chi connectivity index (χ3n) is 3.15. The first-order valence-electron chi connectivity index (χ1n) is 6.87. The molecule has 21 heavy (non-hydrogen) atoms. The fourth-order valence-electron chi connectivity index (χ4n) is 2.19. The molecule has 0 amide bonds. The summed E-state index contributed by atoms with van der Waals surface area (Å²) in [5.41, 5.74) is 7.34. The summed E-state index contributed by atoms with van der Waals surface area (Å²) in [4.78, 5) is 0. The third-order valence-corrected chi connectivity index (χ3v) is 3.15. The van der Waals surface area contributed by atoms with Crippen molar-refractivity contribution in [3.05, 3.63) is 59.4 Å². The first-order valence-corrected chi connectivity index (χ1v) is 6.87. The summed E-state index contributed by atoms with van der Waals surface area (Å²) >= 11 is 0. The maximum Gasteiger partial charge on any atom is 0.132 e. The predicted molar refractivity (Wildman–Crippen MR) is 81.2 cm³/mol. The maximum atomic E-state index is 14.0. The van der Waals surface area contributed by atoms with Crippen LogP contribution in [0.5, 0.6) is 11.5 Å². The van der Waals surface area contributed by atoms with Crippen LogP contribution in [0.15, 0.2) is 42.5 Å². The molecule has 0 aliphatic heterocycles. The van der Waals surface area contributed by atoms with Gasteiger partial charge in [0.15, 0.2) is 0 Å². The van der Waals surface area contributed by atoms with Gasteiger partial charge in [-0.25, -0.2) is 4.39 Å². The van der Waals surface area contributed by atoms with E-state index in [0.717, 1.165) is 11.3 Å². The van der Waals surface area contributed by atoms with Crippen LogP contribution in [0.1, 0.15) is 31.0 Å². The van der Waals surface area contributed by atoms with Crippen molar-refractivity contribution in [2.45, 2.75) is 26.0 Å². The van der Waals surface area contributed by atoms with Crippen LogP contribution >= 0.6 is 0 Å². The zero-order valence-electron chi connectivity index (χ0n) is 12.5. The van der Waals surface area contributed by atoms with Gasteiger partial charge in [0.2, 0.25) is 0 Å². The van der Waals surface area contributed by atoms with Crippen LogP contribution in [0.3, 0.4) is 0 Å². The molecule has 1 unspecified atom stereocenters. The van der Waals surface area contributed by atoms with Crippen molar-refractivity contribution < 1.29 is 13.9 Å².